The molecular formula is C15H17F3N2O2S2. The largest absolute Gasteiger partial charge is 0.501 e. The normalized spacial score (nSPS) is 13.9. The van der Waals surface area contributed by atoms with Crippen molar-refractivity contribution in [2.24, 2.45) is 0 Å². The SMILES string of the molecule is CN(C)C(CNc1ccccc1S(=O)(=O)C(F)(F)F)c1cccs1. The first-order valence-corrected chi connectivity index (χ1v) is 9.35. The second-order valence-corrected chi connectivity index (χ2v) is 8.21. The summed E-state index contributed by atoms with van der Waals surface area (Å²) in [5, 5.41) is 4.76. The van der Waals surface area contributed by atoms with Crippen molar-refractivity contribution in [2.45, 2.75) is 16.4 Å². The number of nitrogens with zero attached hydrogens (tertiary/aromatic N) is 1. The van der Waals surface area contributed by atoms with Gasteiger partial charge in [-0.05, 0) is 37.7 Å². The predicted octanol–water partition coefficient (Wildman–Crippen LogP) is 3.76. The van der Waals surface area contributed by atoms with E-state index in [9.17, 15) is 21.6 Å². The number of hydrogen-bond acceptors (Lipinski definition) is 5. The molecule has 24 heavy (non-hydrogen) atoms. The Hall–Kier alpha value is -1.58. The van der Waals surface area contributed by atoms with Crippen LogP contribution in [-0.4, -0.2) is 39.5 Å². The molecule has 0 bridgehead atoms. The van der Waals surface area contributed by atoms with Crippen LogP contribution < -0.4 is 5.32 Å². The molecular weight excluding hydrogens is 361 g/mol. The zero-order valence-electron chi connectivity index (χ0n) is 13.0. The summed E-state index contributed by atoms with van der Waals surface area (Å²) in [6.07, 6.45) is 0. The summed E-state index contributed by atoms with van der Waals surface area (Å²) >= 11 is 1.53. The van der Waals surface area contributed by atoms with Gasteiger partial charge in [0.05, 0.1) is 16.6 Å². The van der Waals surface area contributed by atoms with Gasteiger partial charge >= 0.3 is 5.51 Å². The van der Waals surface area contributed by atoms with Crippen LogP contribution in [0.3, 0.4) is 0 Å². The molecule has 0 aliphatic rings. The number of likely N-dealkylation sites (N-methyl/N-ethyl adjacent to an activating group) is 1. The Morgan fingerprint density at radius 3 is 2.38 bits per heavy atom. The maximum absolute atomic E-state index is 12.8. The summed E-state index contributed by atoms with van der Waals surface area (Å²) in [5.41, 5.74) is -5.39. The van der Waals surface area contributed by atoms with Crippen molar-refractivity contribution in [3.8, 4) is 0 Å². The van der Waals surface area contributed by atoms with E-state index in [0.29, 0.717) is 0 Å². The minimum Gasteiger partial charge on any atom is -0.382 e. The van der Waals surface area contributed by atoms with Gasteiger partial charge in [-0.3, -0.25) is 0 Å². The second-order valence-electron chi connectivity index (χ2n) is 5.32. The maximum Gasteiger partial charge on any atom is 0.501 e. The van der Waals surface area contributed by atoms with Gasteiger partial charge < -0.3 is 10.2 Å². The molecule has 0 radical (unpaired) electrons. The first-order chi connectivity index (χ1) is 11.1. The number of sulfone groups is 1. The third-order valence-electron chi connectivity index (χ3n) is 3.46. The van der Waals surface area contributed by atoms with E-state index in [0.717, 1.165) is 10.9 Å². The van der Waals surface area contributed by atoms with Crippen LogP contribution in [0, 0.1) is 0 Å². The minimum atomic E-state index is -5.40. The van der Waals surface area contributed by atoms with Crippen LogP contribution in [0.2, 0.25) is 0 Å². The van der Waals surface area contributed by atoms with E-state index >= 15 is 0 Å². The molecule has 0 amide bonds. The lowest BCUT2D eigenvalue weighted by molar-refractivity contribution is -0.0435. The van der Waals surface area contributed by atoms with Crippen molar-refractivity contribution in [3.05, 3.63) is 46.7 Å². The van der Waals surface area contributed by atoms with E-state index in [1.54, 1.807) is 0 Å². The molecule has 0 fully saturated rings. The molecule has 1 N–H and O–H groups in total. The summed E-state index contributed by atoms with van der Waals surface area (Å²) in [6, 6.07) is 8.78. The zero-order chi connectivity index (χ0) is 18.0. The van der Waals surface area contributed by atoms with Crippen LogP contribution in [0.5, 0.6) is 0 Å². The molecule has 9 heteroatoms. The Bertz CT molecular complexity index is 772. The van der Waals surface area contributed by atoms with Crippen LogP contribution in [-0.2, 0) is 9.84 Å². The number of rotatable bonds is 6. The molecule has 132 valence electrons. The van der Waals surface area contributed by atoms with E-state index in [1.807, 2.05) is 36.5 Å². The fraction of sp³-hybridized carbons (Fsp3) is 0.333. The third kappa shape index (κ3) is 3.90. The number of benzene rings is 1. The summed E-state index contributed by atoms with van der Waals surface area (Å²) in [5.74, 6) is 0. The average molecular weight is 378 g/mol. The Morgan fingerprint density at radius 2 is 1.83 bits per heavy atom. The molecule has 1 atom stereocenters. The van der Waals surface area contributed by atoms with E-state index < -0.39 is 20.2 Å². The highest BCUT2D eigenvalue weighted by Gasteiger charge is 2.47. The summed E-state index contributed by atoms with van der Waals surface area (Å²) in [7, 11) is -1.70. The number of nitrogens with one attached hydrogen (secondary N) is 1. The highest BCUT2D eigenvalue weighted by Crippen LogP contribution is 2.34. The van der Waals surface area contributed by atoms with Gasteiger partial charge in [0.25, 0.3) is 9.84 Å². The molecule has 1 heterocycles. The second kappa shape index (κ2) is 7.12. The summed E-state index contributed by atoms with van der Waals surface area (Å²) < 4.78 is 61.9. The number of hydrogen-bond donors (Lipinski definition) is 1. The van der Waals surface area contributed by atoms with Crippen molar-refractivity contribution >= 4 is 26.9 Å². The fourth-order valence-electron chi connectivity index (χ4n) is 2.20. The lowest BCUT2D eigenvalue weighted by atomic mass is 10.2. The number of halogens is 3. The van der Waals surface area contributed by atoms with Crippen molar-refractivity contribution in [3.63, 3.8) is 0 Å². The molecule has 0 aliphatic carbocycles. The number of para-hydroxylation sites is 1. The molecule has 0 saturated carbocycles. The monoisotopic (exact) mass is 378 g/mol. The summed E-state index contributed by atoms with van der Waals surface area (Å²) in [6.45, 7) is 0.276. The Morgan fingerprint density at radius 1 is 1.17 bits per heavy atom. The Balaban J connectivity index is 2.28. The van der Waals surface area contributed by atoms with Gasteiger partial charge in [0, 0.05) is 11.4 Å². The summed E-state index contributed by atoms with van der Waals surface area (Å²) in [4.78, 5) is 2.18. The van der Waals surface area contributed by atoms with Crippen molar-refractivity contribution in [1.29, 1.82) is 0 Å². The van der Waals surface area contributed by atoms with Crippen LogP contribution >= 0.6 is 11.3 Å². The lowest BCUT2D eigenvalue weighted by Gasteiger charge is -2.24. The van der Waals surface area contributed by atoms with Gasteiger partial charge in [-0.25, -0.2) is 8.42 Å². The number of anilines is 1. The molecule has 1 aromatic heterocycles. The van der Waals surface area contributed by atoms with Gasteiger partial charge in [-0.1, -0.05) is 18.2 Å². The molecule has 2 aromatic rings. The highest BCUT2D eigenvalue weighted by molar-refractivity contribution is 7.92. The Kier molecular flexibility index (Phi) is 5.56. The van der Waals surface area contributed by atoms with Crippen molar-refractivity contribution < 1.29 is 21.6 Å². The van der Waals surface area contributed by atoms with Crippen LogP contribution in [0.4, 0.5) is 18.9 Å². The van der Waals surface area contributed by atoms with Crippen molar-refractivity contribution in [1.82, 2.24) is 4.90 Å². The van der Waals surface area contributed by atoms with Gasteiger partial charge in [0.15, 0.2) is 0 Å². The lowest BCUT2D eigenvalue weighted by Crippen LogP contribution is -2.28. The molecule has 0 aliphatic heterocycles. The zero-order valence-corrected chi connectivity index (χ0v) is 14.7. The predicted molar refractivity (Wildman–Crippen MR) is 88.9 cm³/mol. The fourth-order valence-corrected chi connectivity index (χ4v) is 4.06. The van der Waals surface area contributed by atoms with Crippen molar-refractivity contribution in [2.75, 3.05) is 26.0 Å². The smallest absolute Gasteiger partial charge is 0.382 e. The molecule has 1 aromatic carbocycles. The van der Waals surface area contributed by atoms with Gasteiger partial charge in [-0.2, -0.15) is 13.2 Å². The first kappa shape index (κ1) is 18.8. The average Bonchev–Trinajstić information content (AvgIpc) is 3.00. The van der Waals surface area contributed by atoms with Gasteiger partial charge in [-0.15, -0.1) is 11.3 Å². The molecule has 0 spiro atoms. The molecule has 0 saturated heterocycles. The Labute approximate surface area is 142 Å². The third-order valence-corrected chi connectivity index (χ3v) is 5.98. The molecule has 1 unspecified atom stereocenters. The number of alkyl halides is 3. The van der Waals surface area contributed by atoms with Gasteiger partial charge in [0.1, 0.15) is 0 Å². The van der Waals surface area contributed by atoms with E-state index in [1.165, 1.54) is 29.5 Å². The molecule has 4 nitrogen and oxygen atoms in total. The maximum atomic E-state index is 12.8. The molecule has 2 rings (SSSR count). The topological polar surface area (TPSA) is 49.4 Å². The van der Waals surface area contributed by atoms with Gasteiger partial charge in [0.2, 0.25) is 0 Å². The van der Waals surface area contributed by atoms with E-state index in [2.05, 4.69) is 5.32 Å². The highest BCUT2D eigenvalue weighted by atomic mass is 32.2. The minimum absolute atomic E-state index is 0.0572. The number of thiophene rings is 1. The van der Waals surface area contributed by atoms with Crippen LogP contribution in [0.1, 0.15) is 10.9 Å². The standard InChI is InChI=1S/C15H17F3N2O2S2/c1-20(2)12(13-7-5-9-23-13)10-19-11-6-3-4-8-14(11)24(21,22)15(16,17)18/h3-9,12,19H,10H2,1-2H3. The van der Waals surface area contributed by atoms with Crippen LogP contribution in [0.25, 0.3) is 0 Å². The first-order valence-electron chi connectivity index (χ1n) is 6.98. The van der Waals surface area contributed by atoms with Crippen LogP contribution in [0.15, 0.2) is 46.7 Å². The van der Waals surface area contributed by atoms with E-state index in [4.69, 9.17) is 0 Å². The van der Waals surface area contributed by atoms with E-state index in [-0.39, 0.29) is 18.3 Å². The quantitative estimate of drug-likeness (QED) is 0.832.